The van der Waals surface area contributed by atoms with Crippen LogP contribution in [0.4, 0.5) is 0 Å². The van der Waals surface area contributed by atoms with Crippen molar-refractivity contribution in [3.63, 3.8) is 0 Å². The summed E-state index contributed by atoms with van der Waals surface area (Å²) in [5.41, 5.74) is 0. The molecule has 2 heteroatoms. The third-order valence-corrected chi connectivity index (χ3v) is 1.97. The standard InChI is InChI=1S/C11H18O2/c1-2-3-4-6-9-12-11-8-5-7-10-13-11/h11H,2,5-10H2,1H3. The van der Waals surface area contributed by atoms with E-state index >= 15 is 0 Å². The summed E-state index contributed by atoms with van der Waals surface area (Å²) in [4.78, 5) is 0. The van der Waals surface area contributed by atoms with Crippen molar-refractivity contribution in [3.8, 4) is 11.8 Å². The van der Waals surface area contributed by atoms with Crippen LogP contribution in [-0.2, 0) is 9.47 Å². The van der Waals surface area contributed by atoms with Gasteiger partial charge in [0.2, 0.25) is 0 Å². The first-order valence-corrected chi connectivity index (χ1v) is 5.12. The summed E-state index contributed by atoms with van der Waals surface area (Å²) in [6.45, 7) is 3.61. The first kappa shape index (κ1) is 10.6. The zero-order valence-corrected chi connectivity index (χ0v) is 8.34. The van der Waals surface area contributed by atoms with Crippen molar-refractivity contribution >= 4 is 0 Å². The van der Waals surface area contributed by atoms with Gasteiger partial charge in [0.15, 0.2) is 6.29 Å². The molecule has 0 spiro atoms. The van der Waals surface area contributed by atoms with Gasteiger partial charge in [0, 0.05) is 19.4 Å². The van der Waals surface area contributed by atoms with Crippen molar-refractivity contribution in [1.82, 2.24) is 0 Å². The molecule has 0 N–H and O–H groups in total. The van der Waals surface area contributed by atoms with Crippen LogP contribution in [-0.4, -0.2) is 19.5 Å². The summed E-state index contributed by atoms with van der Waals surface area (Å²) < 4.78 is 10.9. The van der Waals surface area contributed by atoms with Crippen LogP contribution in [0, 0.1) is 11.8 Å². The molecule has 1 saturated heterocycles. The Hall–Kier alpha value is -0.520. The van der Waals surface area contributed by atoms with E-state index in [9.17, 15) is 0 Å². The van der Waals surface area contributed by atoms with Crippen LogP contribution in [0.15, 0.2) is 0 Å². The average molecular weight is 182 g/mol. The molecular formula is C11H18O2. The molecule has 0 radical (unpaired) electrons. The molecule has 0 aromatic heterocycles. The van der Waals surface area contributed by atoms with Crippen LogP contribution < -0.4 is 0 Å². The molecule has 1 atom stereocenters. The fraction of sp³-hybridized carbons (Fsp3) is 0.818. The van der Waals surface area contributed by atoms with E-state index in [4.69, 9.17) is 9.47 Å². The number of hydrogen-bond donors (Lipinski definition) is 0. The Morgan fingerprint density at radius 1 is 1.38 bits per heavy atom. The van der Waals surface area contributed by atoms with E-state index in [2.05, 4.69) is 18.8 Å². The molecule has 13 heavy (non-hydrogen) atoms. The zero-order chi connectivity index (χ0) is 9.36. The first-order valence-electron chi connectivity index (χ1n) is 5.12. The van der Waals surface area contributed by atoms with Crippen molar-refractivity contribution in [3.05, 3.63) is 0 Å². The first-order chi connectivity index (χ1) is 6.43. The minimum absolute atomic E-state index is 0.0391. The van der Waals surface area contributed by atoms with E-state index in [1.54, 1.807) is 0 Å². The lowest BCUT2D eigenvalue weighted by Crippen LogP contribution is -2.22. The van der Waals surface area contributed by atoms with Crippen molar-refractivity contribution in [2.24, 2.45) is 0 Å². The smallest absolute Gasteiger partial charge is 0.157 e. The minimum Gasteiger partial charge on any atom is -0.353 e. The molecule has 1 unspecified atom stereocenters. The van der Waals surface area contributed by atoms with E-state index in [1.807, 2.05) is 0 Å². The normalized spacial score (nSPS) is 22.1. The predicted molar refractivity (Wildman–Crippen MR) is 52.2 cm³/mol. The van der Waals surface area contributed by atoms with Gasteiger partial charge in [-0.25, -0.2) is 0 Å². The molecule has 1 heterocycles. The number of ether oxygens (including phenoxy) is 2. The molecule has 1 aliphatic heterocycles. The van der Waals surface area contributed by atoms with E-state index in [0.29, 0.717) is 6.61 Å². The summed E-state index contributed by atoms with van der Waals surface area (Å²) >= 11 is 0. The molecule has 0 aromatic carbocycles. The Morgan fingerprint density at radius 3 is 3.00 bits per heavy atom. The van der Waals surface area contributed by atoms with Crippen LogP contribution in [0.5, 0.6) is 0 Å². The highest BCUT2D eigenvalue weighted by molar-refractivity contribution is 4.97. The third kappa shape index (κ3) is 4.92. The highest BCUT2D eigenvalue weighted by Crippen LogP contribution is 2.13. The van der Waals surface area contributed by atoms with Gasteiger partial charge in [0.1, 0.15) is 0 Å². The molecule has 0 amide bonds. The van der Waals surface area contributed by atoms with Gasteiger partial charge < -0.3 is 9.47 Å². The molecule has 0 aromatic rings. The van der Waals surface area contributed by atoms with Crippen molar-refractivity contribution < 1.29 is 9.47 Å². The summed E-state index contributed by atoms with van der Waals surface area (Å²) in [7, 11) is 0. The summed E-state index contributed by atoms with van der Waals surface area (Å²) in [6.07, 6.45) is 5.24. The van der Waals surface area contributed by atoms with Gasteiger partial charge in [0.05, 0.1) is 6.61 Å². The predicted octanol–water partition coefficient (Wildman–Crippen LogP) is 2.33. The van der Waals surface area contributed by atoms with E-state index in [-0.39, 0.29) is 6.29 Å². The molecule has 0 bridgehead atoms. The van der Waals surface area contributed by atoms with Gasteiger partial charge in [-0.05, 0) is 19.3 Å². The number of hydrogen-bond acceptors (Lipinski definition) is 2. The largest absolute Gasteiger partial charge is 0.353 e. The highest BCUT2D eigenvalue weighted by atomic mass is 16.7. The van der Waals surface area contributed by atoms with Gasteiger partial charge in [0.25, 0.3) is 0 Å². The van der Waals surface area contributed by atoms with Crippen molar-refractivity contribution in [2.45, 2.75) is 45.3 Å². The lowest BCUT2D eigenvalue weighted by molar-refractivity contribution is -0.161. The lowest BCUT2D eigenvalue weighted by Gasteiger charge is -2.22. The molecule has 0 aliphatic carbocycles. The van der Waals surface area contributed by atoms with Crippen LogP contribution in [0.1, 0.15) is 39.0 Å². The van der Waals surface area contributed by atoms with Crippen LogP contribution >= 0.6 is 0 Å². The SMILES string of the molecule is CCC#CCCOC1CCCCO1. The fourth-order valence-electron chi connectivity index (χ4n) is 1.30. The molecule has 2 nitrogen and oxygen atoms in total. The minimum atomic E-state index is 0.0391. The van der Waals surface area contributed by atoms with Crippen molar-refractivity contribution in [2.75, 3.05) is 13.2 Å². The summed E-state index contributed by atoms with van der Waals surface area (Å²) in [6, 6.07) is 0. The Morgan fingerprint density at radius 2 is 2.31 bits per heavy atom. The maximum atomic E-state index is 5.50. The second-order valence-electron chi connectivity index (χ2n) is 3.12. The van der Waals surface area contributed by atoms with Gasteiger partial charge in [-0.3, -0.25) is 0 Å². The Bertz CT molecular complexity index is 172. The Labute approximate surface area is 80.6 Å². The molecule has 0 saturated carbocycles. The van der Waals surface area contributed by atoms with Crippen LogP contribution in [0.2, 0.25) is 0 Å². The van der Waals surface area contributed by atoms with Gasteiger partial charge >= 0.3 is 0 Å². The lowest BCUT2D eigenvalue weighted by atomic mass is 10.2. The monoisotopic (exact) mass is 182 g/mol. The van der Waals surface area contributed by atoms with Crippen molar-refractivity contribution in [1.29, 1.82) is 0 Å². The quantitative estimate of drug-likeness (QED) is 0.492. The Kier molecular flexibility index (Phi) is 5.64. The van der Waals surface area contributed by atoms with Gasteiger partial charge in [-0.1, -0.05) is 6.92 Å². The molecule has 1 rings (SSSR count). The second-order valence-corrected chi connectivity index (χ2v) is 3.12. The van der Waals surface area contributed by atoms with Gasteiger partial charge in [-0.15, -0.1) is 11.8 Å². The summed E-state index contributed by atoms with van der Waals surface area (Å²) in [5, 5.41) is 0. The molecular weight excluding hydrogens is 164 g/mol. The van der Waals surface area contributed by atoms with E-state index in [0.717, 1.165) is 25.9 Å². The molecule has 74 valence electrons. The molecule has 1 aliphatic rings. The second kappa shape index (κ2) is 6.94. The number of rotatable bonds is 3. The maximum Gasteiger partial charge on any atom is 0.157 e. The fourth-order valence-corrected chi connectivity index (χ4v) is 1.30. The maximum absolute atomic E-state index is 5.50. The zero-order valence-electron chi connectivity index (χ0n) is 8.34. The van der Waals surface area contributed by atoms with E-state index < -0.39 is 0 Å². The topological polar surface area (TPSA) is 18.5 Å². The van der Waals surface area contributed by atoms with E-state index in [1.165, 1.54) is 12.8 Å². The highest BCUT2D eigenvalue weighted by Gasteiger charge is 2.12. The molecule has 1 fully saturated rings. The summed E-state index contributed by atoms with van der Waals surface area (Å²) in [5.74, 6) is 6.06. The average Bonchev–Trinajstić information content (AvgIpc) is 2.19. The Balaban J connectivity index is 1.98. The third-order valence-electron chi connectivity index (χ3n) is 1.97. The van der Waals surface area contributed by atoms with Crippen LogP contribution in [0.3, 0.4) is 0 Å². The van der Waals surface area contributed by atoms with Gasteiger partial charge in [-0.2, -0.15) is 0 Å². The van der Waals surface area contributed by atoms with Crippen LogP contribution in [0.25, 0.3) is 0 Å².